The van der Waals surface area contributed by atoms with Gasteiger partial charge < -0.3 is 10.4 Å². The standard InChI is InChI=1S/C15H18ClNO3S/c16-11-4-1-3-10(7-11)8-21-9-14(18)17-13-6-2-5-12(13)15(19)20/h1,3-4,7,12-13H,2,5-6,8-9H2,(H,17,18)(H,19,20)/t12-,13+/m1/s1. The fourth-order valence-electron chi connectivity index (χ4n) is 2.57. The molecule has 0 bridgehead atoms. The van der Waals surface area contributed by atoms with Crippen LogP contribution in [0.15, 0.2) is 24.3 Å². The monoisotopic (exact) mass is 327 g/mol. The molecule has 1 aliphatic carbocycles. The van der Waals surface area contributed by atoms with E-state index in [0.717, 1.165) is 18.4 Å². The largest absolute Gasteiger partial charge is 0.481 e. The fraction of sp³-hybridized carbons (Fsp3) is 0.467. The van der Waals surface area contributed by atoms with E-state index in [1.165, 1.54) is 11.8 Å². The van der Waals surface area contributed by atoms with Crippen LogP contribution < -0.4 is 5.32 Å². The molecule has 1 aromatic rings. The van der Waals surface area contributed by atoms with Crippen LogP contribution in [0, 0.1) is 5.92 Å². The number of carboxylic acids is 1. The molecule has 4 nitrogen and oxygen atoms in total. The summed E-state index contributed by atoms with van der Waals surface area (Å²) in [5.74, 6) is -0.312. The first-order chi connectivity index (χ1) is 10.1. The first-order valence-electron chi connectivity index (χ1n) is 6.90. The lowest BCUT2D eigenvalue weighted by Crippen LogP contribution is -2.41. The normalized spacial score (nSPS) is 21.2. The van der Waals surface area contributed by atoms with Crippen molar-refractivity contribution >= 4 is 35.2 Å². The minimum Gasteiger partial charge on any atom is -0.481 e. The predicted molar refractivity (Wildman–Crippen MR) is 84.5 cm³/mol. The van der Waals surface area contributed by atoms with Gasteiger partial charge in [-0.3, -0.25) is 9.59 Å². The smallest absolute Gasteiger partial charge is 0.308 e. The van der Waals surface area contributed by atoms with Gasteiger partial charge in [-0.25, -0.2) is 0 Å². The molecule has 0 unspecified atom stereocenters. The molecular formula is C15H18ClNO3S. The lowest BCUT2D eigenvalue weighted by atomic mass is 10.0. The van der Waals surface area contributed by atoms with Crippen LogP contribution >= 0.6 is 23.4 Å². The van der Waals surface area contributed by atoms with Crippen LogP contribution in [0.3, 0.4) is 0 Å². The van der Waals surface area contributed by atoms with Crippen LogP contribution in [0.2, 0.25) is 5.02 Å². The molecule has 114 valence electrons. The minimum absolute atomic E-state index is 0.0971. The molecule has 0 aromatic heterocycles. The van der Waals surface area contributed by atoms with Crippen molar-refractivity contribution in [2.24, 2.45) is 5.92 Å². The number of rotatable bonds is 6. The predicted octanol–water partition coefficient (Wildman–Crippen LogP) is 2.94. The van der Waals surface area contributed by atoms with Gasteiger partial charge in [-0.1, -0.05) is 30.2 Å². The minimum atomic E-state index is -0.815. The Hall–Kier alpha value is -1.20. The van der Waals surface area contributed by atoms with Crippen molar-refractivity contribution in [3.05, 3.63) is 34.9 Å². The van der Waals surface area contributed by atoms with Gasteiger partial charge in [0, 0.05) is 16.8 Å². The van der Waals surface area contributed by atoms with Crippen molar-refractivity contribution in [3.8, 4) is 0 Å². The van der Waals surface area contributed by atoms with Gasteiger partial charge >= 0.3 is 5.97 Å². The van der Waals surface area contributed by atoms with Crippen molar-refractivity contribution in [2.45, 2.75) is 31.1 Å². The SMILES string of the molecule is O=C(CSCc1cccc(Cl)c1)N[C@H]1CCC[C@H]1C(=O)O. The number of hydrogen-bond donors (Lipinski definition) is 2. The van der Waals surface area contributed by atoms with Gasteiger partial charge in [0.2, 0.25) is 5.91 Å². The summed E-state index contributed by atoms with van der Waals surface area (Å²) in [5.41, 5.74) is 1.07. The Balaban J connectivity index is 1.74. The van der Waals surface area contributed by atoms with Gasteiger partial charge in [0.25, 0.3) is 0 Å². The number of aliphatic carboxylic acids is 1. The molecule has 1 aromatic carbocycles. The van der Waals surface area contributed by atoms with E-state index >= 15 is 0 Å². The molecule has 0 radical (unpaired) electrons. The summed E-state index contributed by atoms with van der Waals surface area (Å²) in [6.45, 7) is 0. The Bertz CT molecular complexity index is 523. The Morgan fingerprint density at radius 1 is 1.38 bits per heavy atom. The highest BCUT2D eigenvalue weighted by atomic mass is 35.5. The van der Waals surface area contributed by atoms with Gasteiger partial charge in [-0.15, -0.1) is 11.8 Å². The Morgan fingerprint density at radius 2 is 2.19 bits per heavy atom. The highest BCUT2D eigenvalue weighted by molar-refractivity contribution is 7.99. The molecule has 6 heteroatoms. The summed E-state index contributed by atoms with van der Waals surface area (Å²) in [6.07, 6.45) is 2.26. The average Bonchev–Trinajstić information content (AvgIpc) is 2.87. The number of amides is 1. The molecule has 0 saturated heterocycles. The third-order valence-electron chi connectivity index (χ3n) is 3.57. The molecule has 21 heavy (non-hydrogen) atoms. The molecule has 0 aliphatic heterocycles. The maximum atomic E-state index is 11.9. The Labute approximate surface area is 133 Å². The molecule has 0 heterocycles. The molecule has 2 rings (SSSR count). The Morgan fingerprint density at radius 3 is 2.90 bits per heavy atom. The number of halogens is 1. The number of carbonyl (C=O) groups is 2. The van der Waals surface area contributed by atoms with E-state index in [-0.39, 0.29) is 11.9 Å². The molecule has 1 aliphatic rings. The maximum Gasteiger partial charge on any atom is 0.308 e. The van der Waals surface area contributed by atoms with E-state index in [2.05, 4.69) is 5.32 Å². The molecule has 0 spiro atoms. The topological polar surface area (TPSA) is 66.4 Å². The number of thioether (sulfide) groups is 1. The second kappa shape index (κ2) is 7.71. The summed E-state index contributed by atoms with van der Waals surface area (Å²) in [4.78, 5) is 22.9. The van der Waals surface area contributed by atoms with Crippen LogP contribution in [-0.2, 0) is 15.3 Å². The van der Waals surface area contributed by atoms with Crippen molar-refractivity contribution < 1.29 is 14.7 Å². The van der Waals surface area contributed by atoms with Crippen LogP contribution in [0.25, 0.3) is 0 Å². The zero-order valence-electron chi connectivity index (χ0n) is 11.5. The molecular weight excluding hydrogens is 310 g/mol. The highest BCUT2D eigenvalue weighted by Gasteiger charge is 2.33. The van der Waals surface area contributed by atoms with Crippen LogP contribution in [0.5, 0.6) is 0 Å². The maximum absolute atomic E-state index is 11.9. The van der Waals surface area contributed by atoms with Gasteiger partial charge in [0.05, 0.1) is 11.7 Å². The van der Waals surface area contributed by atoms with E-state index < -0.39 is 11.9 Å². The van der Waals surface area contributed by atoms with E-state index in [1.807, 2.05) is 24.3 Å². The van der Waals surface area contributed by atoms with Crippen LogP contribution in [-0.4, -0.2) is 28.8 Å². The van der Waals surface area contributed by atoms with Gasteiger partial charge in [0.1, 0.15) is 0 Å². The van der Waals surface area contributed by atoms with Crippen molar-refractivity contribution in [1.29, 1.82) is 0 Å². The first-order valence-corrected chi connectivity index (χ1v) is 8.44. The summed E-state index contributed by atoms with van der Waals surface area (Å²) >= 11 is 7.40. The number of hydrogen-bond acceptors (Lipinski definition) is 3. The number of nitrogens with one attached hydrogen (secondary N) is 1. The third kappa shape index (κ3) is 4.93. The van der Waals surface area contributed by atoms with Crippen molar-refractivity contribution in [1.82, 2.24) is 5.32 Å². The molecule has 1 saturated carbocycles. The second-order valence-electron chi connectivity index (χ2n) is 5.17. The number of benzene rings is 1. The molecule has 2 N–H and O–H groups in total. The molecule has 2 atom stereocenters. The van der Waals surface area contributed by atoms with Crippen molar-refractivity contribution in [3.63, 3.8) is 0 Å². The van der Waals surface area contributed by atoms with Crippen LogP contribution in [0.4, 0.5) is 0 Å². The lowest BCUT2D eigenvalue weighted by Gasteiger charge is -2.17. The number of carboxylic acid groups (broad SMARTS) is 1. The zero-order valence-corrected chi connectivity index (χ0v) is 13.1. The second-order valence-corrected chi connectivity index (χ2v) is 6.59. The Kier molecular flexibility index (Phi) is 5.94. The zero-order chi connectivity index (χ0) is 15.2. The lowest BCUT2D eigenvalue weighted by molar-refractivity contribution is -0.142. The van der Waals surface area contributed by atoms with Gasteiger partial charge in [-0.05, 0) is 30.5 Å². The quantitative estimate of drug-likeness (QED) is 0.843. The van der Waals surface area contributed by atoms with Gasteiger partial charge in [0.15, 0.2) is 0 Å². The summed E-state index contributed by atoms with van der Waals surface area (Å²) in [5, 5.41) is 12.6. The average molecular weight is 328 g/mol. The van der Waals surface area contributed by atoms with E-state index in [4.69, 9.17) is 16.7 Å². The first kappa shape index (κ1) is 16.2. The van der Waals surface area contributed by atoms with E-state index in [9.17, 15) is 9.59 Å². The summed E-state index contributed by atoms with van der Waals surface area (Å²) in [6, 6.07) is 7.32. The van der Waals surface area contributed by atoms with E-state index in [1.54, 1.807) is 0 Å². The summed E-state index contributed by atoms with van der Waals surface area (Å²) in [7, 11) is 0. The van der Waals surface area contributed by atoms with Gasteiger partial charge in [-0.2, -0.15) is 0 Å². The highest BCUT2D eigenvalue weighted by Crippen LogP contribution is 2.26. The molecule has 1 amide bonds. The third-order valence-corrected chi connectivity index (χ3v) is 4.81. The van der Waals surface area contributed by atoms with E-state index in [0.29, 0.717) is 22.9 Å². The fourth-order valence-corrected chi connectivity index (χ4v) is 3.56. The molecule has 1 fully saturated rings. The van der Waals surface area contributed by atoms with Crippen LogP contribution in [0.1, 0.15) is 24.8 Å². The van der Waals surface area contributed by atoms with Crippen molar-refractivity contribution in [2.75, 3.05) is 5.75 Å². The summed E-state index contributed by atoms with van der Waals surface area (Å²) < 4.78 is 0. The number of carbonyl (C=O) groups excluding carboxylic acids is 1.